The van der Waals surface area contributed by atoms with Crippen LogP contribution in [0.2, 0.25) is 0 Å². The Balaban J connectivity index is 1.69. The van der Waals surface area contributed by atoms with E-state index in [9.17, 15) is 9.59 Å². The largest absolute Gasteiger partial charge is 0.494 e. The summed E-state index contributed by atoms with van der Waals surface area (Å²) in [6.07, 6.45) is 1.66. The van der Waals surface area contributed by atoms with E-state index in [1.807, 2.05) is 43.3 Å². The van der Waals surface area contributed by atoms with Gasteiger partial charge in [0.15, 0.2) is 0 Å². The summed E-state index contributed by atoms with van der Waals surface area (Å²) < 4.78 is 6.57. The Bertz CT molecular complexity index is 953. The Morgan fingerprint density at radius 3 is 2.63 bits per heavy atom. The van der Waals surface area contributed by atoms with E-state index in [4.69, 9.17) is 4.74 Å². The molecule has 0 bridgehead atoms. The molecule has 0 aliphatic carbocycles. The molecule has 0 aliphatic heterocycles. The minimum atomic E-state index is -0.335. The molecule has 3 aromatic rings. The van der Waals surface area contributed by atoms with Crippen LogP contribution in [0.25, 0.3) is 11.3 Å². The van der Waals surface area contributed by atoms with Gasteiger partial charge in [0.05, 0.1) is 24.5 Å². The van der Waals surface area contributed by atoms with Crippen molar-refractivity contribution in [2.24, 2.45) is 0 Å². The van der Waals surface area contributed by atoms with Crippen LogP contribution < -0.4 is 15.6 Å². The van der Waals surface area contributed by atoms with Crippen LogP contribution in [-0.2, 0) is 17.9 Å². The summed E-state index contributed by atoms with van der Waals surface area (Å²) in [5.74, 6) is 0.461. The van der Waals surface area contributed by atoms with Gasteiger partial charge in [-0.2, -0.15) is 5.10 Å². The van der Waals surface area contributed by atoms with Crippen LogP contribution in [0.5, 0.6) is 5.75 Å². The van der Waals surface area contributed by atoms with Crippen molar-refractivity contribution in [2.45, 2.75) is 20.0 Å². The first-order valence-electron chi connectivity index (χ1n) is 8.63. The number of benzene rings is 1. The highest BCUT2D eigenvalue weighted by atomic mass is 16.5. The maximum Gasteiger partial charge on any atom is 0.267 e. The molecule has 0 saturated carbocycles. The second kappa shape index (κ2) is 8.75. The maximum absolute atomic E-state index is 12.1. The molecule has 0 fully saturated rings. The van der Waals surface area contributed by atoms with Crippen LogP contribution in [0.3, 0.4) is 0 Å². The van der Waals surface area contributed by atoms with Gasteiger partial charge >= 0.3 is 0 Å². The fraction of sp³-hybridized carbons (Fsp3) is 0.200. The van der Waals surface area contributed by atoms with Gasteiger partial charge in [-0.05, 0) is 49.4 Å². The zero-order valence-corrected chi connectivity index (χ0v) is 15.0. The van der Waals surface area contributed by atoms with Gasteiger partial charge in [0.2, 0.25) is 5.91 Å². The molecule has 1 amide bonds. The predicted molar refractivity (Wildman–Crippen MR) is 101 cm³/mol. The highest BCUT2D eigenvalue weighted by Gasteiger charge is 2.08. The van der Waals surface area contributed by atoms with Gasteiger partial charge in [-0.3, -0.25) is 14.6 Å². The summed E-state index contributed by atoms with van der Waals surface area (Å²) in [6.45, 7) is 2.66. The standard InChI is InChI=1S/C20H20N4O3/c1-2-27-17-8-6-15(7-9-17)18-10-11-20(26)24(23-18)14-19(25)22-13-16-5-3-4-12-21-16/h3-12H,2,13-14H2,1H3,(H,22,25). The number of carbonyl (C=O) groups excluding carboxylic acids is 1. The molecule has 0 atom stereocenters. The molecule has 0 radical (unpaired) electrons. The number of hydrogen-bond donors (Lipinski definition) is 1. The summed E-state index contributed by atoms with van der Waals surface area (Å²) in [7, 11) is 0. The minimum absolute atomic E-state index is 0.156. The number of ether oxygens (including phenoxy) is 1. The van der Waals surface area contributed by atoms with Crippen LogP contribution in [0, 0.1) is 0 Å². The fourth-order valence-electron chi connectivity index (χ4n) is 2.49. The maximum atomic E-state index is 12.1. The Hall–Kier alpha value is -3.48. The van der Waals surface area contributed by atoms with Crippen molar-refractivity contribution >= 4 is 5.91 Å². The van der Waals surface area contributed by atoms with Crippen LogP contribution >= 0.6 is 0 Å². The van der Waals surface area contributed by atoms with E-state index in [1.165, 1.54) is 6.07 Å². The molecule has 7 heteroatoms. The van der Waals surface area contributed by atoms with E-state index in [0.29, 0.717) is 18.8 Å². The molecule has 3 rings (SSSR count). The van der Waals surface area contributed by atoms with Gasteiger partial charge in [0.25, 0.3) is 5.56 Å². The Kier molecular flexibility index (Phi) is 5.94. The number of hydrogen-bond acceptors (Lipinski definition) is 5. The summed E-state index contributed by atoms with van der Waals surface area (Å²) in [5.41, 5.74) is 1.85. The molecular weight excluding hydrogens is 344 g/mol. The third kappa shape index (κ3) is 5.01. The van der Waals surface area contributed by atoms with E-state index < -0.39 is 0 Å². The van der Waals surface area contributed by atoms with Crippen LogP contribution in [0.4, 0.5) is 0 Å². The van der Waals surface area contributed by atoms with Crippen LogP contribution in [-0.4, -0.2) is 27.3 Å². The highest BCUT2D eigenvalue weighted by Crippen LogP contribution is 2.19. The number of carbonyl (C=O) groups is 1. The van der Waals surface area contributed by atoms with Crippen molar-refractivity contribution in [3.63, 3.8) is 0 Å². The normalized spacial score (nSPS) is 10.4. The van der Waals surface area contributed by atoms with Crippen LogP contribution in [0.1, 0.15) is 12.6 Å². The zero-order chi connectivity index (χ0) is 19.1. The molecule has 0 unspecified atom stereocenters. The number of nitrogens with zero attached hydrogens (tertiary/aromatic N) is 3. The average molecular weight is 364 g/mol. The number of aromatic nitrogens is 3. The second-order valence-corrected chi connectivity index (χ2v) is 5.77. The summed E-state index contributed by atoms with van der Waals surface area (Å²) in [5, 5.41) is 7.04. The van der Waals surface area contributed by atoms with Gasteiger partial charge in [-0.25, -0.2) is 4.68 Å². The van der Waals surface area contributed by atoms with Crippen molar-refractivity contribution in [1.29, 1.82) is 0 Å². The van der Waals surface area contributed by atoms with Gasteiger partial charge < -0.3 is 10.1 Å². The van der Waals surface area contributed by atoms with Gasteiger partial charge in [0, 0.05) is 17.8 Å². The fourth-order valence-corrected chi connectivity index (χ4v) is 2.49. The molecule has 27 heavy (non-hydrogen) atoms. The molecule has 1 N–H and O–H groups in total. The monoisotopic (exact) mass is 364 g/mol. The van der Waals surface area contributed by atoms with Crippen molar-refractivity contribution in [2.75, 3.05) is 6.61 Å². The summed E-state index contributed by atoms with van der Waals surface area (Å²) >= 11 is 0. The van der Waals surface area contributed by atoms with E-state index in [2.05, 4.69) is 15.4 Å². The molecule has 0 saturated heterocycles. The molecular formula is C20H20N4O3. The van der Waals surface area contributed by atoms with E-state index in [1.54, 1.807) is 18.3 Å². The first-order valence-corrected chi connectivity index (χ1v) is 8.63. The Labute approximate surface area is 156 Å². The molecule has 0 spiro atoms. The smallest absolute Gasteiger partial charge is 0.267 e. The van der Waals surface area contributed by atoms with Crippen molar-refractivity contribution in [3.05, 3.63) is 76.8 Å². The molecule has 7 nitrogen and oxygen atoms in total. The molecule has 2 aromatic heterocycles. The molecule has 2 heterocycles. The van der Waals surface area contributed by atoms with E-state index in [-0.39, 0.29) is 18.0 Å². The van der Waals surface area contributed by atoms with E-state index >= 15 is 0 Å². The lowest BCUT2D eigenvalue weighted by Gasteiger charge is -2.09. The van der Waals surface area contributed by atoms with Gasteiger partial charge in [-0.15, -0.1) is 0 Å². The number of rotatable bonds is 7. The third-order valence-electron chi connectivity index (χ3n) is 3.81. The second-order valence-electron chi connectivity index (χ2n) is 5.77. The first kappa shape index (κ1) is 18.3. The summed E-state index contributed by atoms with van der Waals surface area (Å²) in [4.78, 5) is 28.3. The van der Waals surface area contributed by atoms with Gasteiger partial charge in [0.1, 0.15) is 12.3 Å². The van der Waals surface area contributed by atoms with Crippen molar-refractivity contribution < 1.29 is 9.53 Å². The zero-order valence-electron chi connectivity index (χ0n) is 15.0. The SMILES string of the molecule is CCOc1ccc(-c2ccc(=O)n(CC(=O)NCc3ccccn3)n2)cc1. The third-order valence-corrected chi connectivity index (χ3v) is 3.81. The summed E-state index contributed by atoms with van der Waals surface area (Å²) in [6, 6.07) is 15.9. The number of nitrogens with one attached hydrogen (secondary N) is 1. The molecule has 138 valence electrons. The van der Waals surface area contributed by atoms with Gasteiger partial charge in [-0.1, -0.05) is 6.07 Å². The quantitative estimate of drug-likeness (QED) is 0.693. The molecule has 1 aromatic carbocycles. The van der Waals surface area contributed by atoms with Crippen molar-refractivity contribution in [3.8, 4) is 17.0 Å². The van der Waals surface area contributed by atoms with E-state index in [0.717, 1.165) is 21.7 Å². The molecule has 0 aliphatic rings. The predicted octanol–water partition coefficient (Wildman–Crippen LogP) is 2.02. The lowest BCUT2D eigenvalue weighted by atomic mass is 10.1. The number of pyridine rings is 1. The first-order chi connectivity index (χ1) is 13.2. The topological polar surface area (TPSA) is 86.1 Å². The van der Waals surface area contributed by atoms with Crippen molar-refractivity contribution in [1.82, 2.24) is 20.1 Å². The highest BCUT2D eigenvalue weighted by molar-refractivity contribution is 5.75. The number of amides is 1. The Morgan fingerprint density at radius 2 is 1.93 bits per heavy atom. The lowest BCUT2D eigenvalue weighted by molar-refractivity contribution is -0.122. The Morgan fingerprint density at radius 1 is 1.11 bits per heavy atom. The lowest BCUT2D eigenvalue weighted by Crippen LogP contribution is -2.33. The average Bonchev–Trinajstić information content (AvgIpc) is 2.70. The van der Waals surface area contributed by atoms with Crippen LogP contribution in [0.15, 0.2) is 65.6 Å². The minimum Gasteiger partial charge on any atom is -0.494 e.